The number of carbonyl (C=O) groups excluding carboxylic acids is 4. The Bertz CT molecular complexity index is 1960. The number of carbonyl (C=O) groups is 4. The van der Waals surface area contributed by atoms with Gasteiger partial charge in [0, 0.05) is 35.5 Å². The molecule has 294 valence electrons. The number of nitrogens with two attached hydrogens (primary N) is 1. The molecule has 21 heteroatoms. The van der Waals surface area contributed by atoms with Crippen LogP contribution < -0.4 is 5.73 Å². The van der Waals surface area contributed by atoms with Gasteiger partial charge in [0.15, 0.2) is 6.61 Å². The minimum atomic E-state index is -4.83. The van der Waals surface area contributed by atoms with Crippen LogP contribution >= 0.6 is 23.2 Å². The monoisotopic (exact) mass is 825 g/mol. The second-order valence-electron chi connectivity index (χ2n) is 11.1. The number of hydrogen-bond acceptors (Lipinski definition) is 7. The largest absolute Gasteiger partial charge is 0.449 e. The molecule has 55 heavy (non-hydrogen) atoms. The van der Waals surface area contributed by atoms with Crippen molar-refractivity contribution in [2.75, 3.05) is 6.61 Å². The molecular formula is C34H26Cl2F9N5O5. The first-order chi connectivity index (χ1) is 25.5. The fourth-order valence-corrected chi connectivity index (χ4v) is 4.71. The number of amides is 3. The molecule has 2 aromatic heterocycles. The molecule has 3 amide bonds. The van der Waals surface area contributed by atoms with Gasteiger partial charge in [0.05, 0.1) is 35.6 Å². The summed E-state index contributed by atoms with van der Waals surface area (Å²) >= 11 is 12.0. The summed E-state index contributed by atoms with van der Waals surface area (Å²) in [6.07, 6.45) is -12.8. The van der Waals surface area contributed by atoms with E-state index in [1.165, 1.54) is 12.1 Å². The number of benzene rings is 2. The quantitative estimate of drug-likeness (QED) is 0.108. The van der Waals surface area contributed by atoms with E-state index in [9.17, 15) is 58.7 Å². The highest BCUT2D eigenvalue weighted by molar-refractivity contribution is 6.34. The fourth-order valence-electron chi connectivity index (χ4n) is 4.32. The number of primary amides is 1. The van der Waals surface area contributed by atoms with E-state index in [1.54, 1.807) is 36.4 Å². The smallest absolute Gasteiger partial charge is 0.422 e. The number of hydrogen-bond donors (Lipinski definition) is 1. The van der Waals surface area contributed by atoms with E-state index >= 15 is 0 Å². The highest BCUT2D eigenvalue weighted by Crippen LogP contribution is 2.30. The lowest BCUT2D eigenvalue weighted by Gasteiger charge is -2.22. The molecule has 0 radical (unpaired) electrons. The first kappa shape index (κ1) is 44.0. The van der Waals surface area contributed by atoms with Crippen molar-refractivity contribution in [3.05, 3.63) is 129 Å². The third-order valence-electron chi connectivity index (χ3n) is 6.97. The Morgan fingerprint density at radius 2 is 1.00 bits per heavy atom. The van der Waals surface area contributed by atoms with Gasteiger partial charge in [-0.3, -0.25) is 24.4 Å². The van der Waals surface area contributed by atoms with Gasteiger partial charge < -0.3 is 20.3 Å². The molecule has 0 spiro atoms. The SMILES string of the molecule is NC(=O)C(=O)N(Cc1ccc(C(F)(F)F)cn1)Cc1ccccc1Cl.O=C(OCC(F)(F)F)C(=O)N(Cc1ccc(C(F)(F)F)cn1)Cc1ccccc1Cl. The lowest BCUT2D eigenvalue weighted by Crippen LogP contribution is -2.39. The third kappa shape index (κ3) is 14.1. The maximum atomic E-state index is 12.7. The predicted molar refractivity (Wildman–Crippen MR) is 176 cm³/mol. The van der Waals surface area contributed by atoms with E-state index in [1.807, 2.05) is 0 Å². The molecule has 0 saturated heterocycles. The highest BCUT2D eigenvalue weighted by atomic mass is 35.5. The van der Waals surface area contributed by atoms with E-state index in [2.05, 4.69) is 14.7 Å². The minimum Gasteiger partial charge on any atom is -0.449 e. The van der Waals surface area contributed by atoms with E-state index in [-0.39, 0.29) is 36.0 Å². The lowest BCUT2D eigenvalue weighted by atomic mass is 10.2. The average Bonchev–Trinajstić information content (AvgIpc) is 3.10. The number of esters is 1. The summed E-state index contributed by atoms with van der Waals surface area (Å²) in [6, 6.07) is 16.5. The second-order valence-corrected chi connectivity index (χ2v) is 11.9. The summed E-state index contributed by atoms with van der Waals surface area (Å²) in [6.45, 7) is -2.98. The van der Waals surface area contributed by atoms with Crippen LogP contribution in [0.25, 0.3) is 0 Å². The van der Waals surface area contributed by atoms with Gasteiger partial charge >= 0.3 is 42.2 Å². The van der Waals surface area contributed by atoms with E-state index in [4.69, 9.17) is 28.9 Å². The number of pyridine rings is 2. The Labute approximate surface area is 315 Å². The van der Waals surface area contributed by atoms with Crippen LogP contribution in [0.5, 0.6) is 0 Å². The Morgan fingerprint density at radius 1 is 0.600 bits per heavy atom. The lowest BCUT2D eigenvalue weighted by molar-refractivity contribution is -0.189. The van der Waals surface area contributed by atoms with Crippen molar-refractivity contribution in [2.24, 2.45) is 5.73 Å². The van der Waals surface area contributed by atoms with Crippen molar-refractivity contribution in [1.29, 1.82) is 0 Å². The van der Waals surface area contributed by atoms with Crippen LogP contribution in [0, 0.1) is 0 Å². The topological polar surface area (TPSA) is 136 Å². The van der Waals surface area contributed by atoms with Gasteiger partial charge in [-0.25, -0.2) is 4.79 Å². The van der Waals surface area contributed by atoms with Crippen LogP contribution in [0.4, 0.5) is 39.5 Å². The Morgan fingerprint density at radius 3 is 1.33 bits per heavy atom. The predicted octanol–water partition coefficient (Wildman–Crippen LogP) is 7.16. The van der Waals surface area contributed by atoms with E-state index < -0.39 is 66.5 Å². The maximum absolute atomic E-state index is 12.7. The number of aromatic nitrogens is 2. The summed E-state index contributed by atoms with van der Waals surface area (Å²) in [4.78, 5) is 56.4. The molecule has 4 rings (SSSR count). The van der Waals surface area contributed by atoms with Crippen LogP contribution in [-0.4, -0.2) is 56.2 Å². The molecule has 2 aromatic carbocycles. The first-order valence-electron chi connectivity index (χ1n) is 15.2. The average molecular weight is 826 g/mol. The summed E-state index contributed by atoms with van der Waals surface area (Å²) in [5.41, 5.74) is 4.15. The number of halogens is 11. The van der Waals surface area contributed by atoms with Crippen molar-refractivity contribution in [3.8, 4) is 0 Å². The van der Waals surface area contributed by atoms with Crippen LogP contribution in [0.3, 0.4) is 0 Å². The highest BCUT2D eigenvalue weighted by Gasteiger charge is 2.34. The molecule has 0 unspecified atom stereocenters. The summed E-state index contributed by atoms with van der Waals surface area (Å²) in [5, 5.41) is 0.587. The molecule has 0 atom stereocenters. The van der Waals surface area contributed by atoms with Crippen molar-refractivity contribution < 1.29 is 63.4 Å². The zero-order valence-electron chi connectivity index (χ0n) is 27.7. The molecule has 2 heterocycles. The zero-order chi connectivity index (χ0) is 41.1. The van der Waals surface area contributed by atoms with Gasteiger partial charge in [0.25, 0.3) is 0 Å². The molecule has 0 aliphatic rings. The van der Waals surface area contributed by atoms with Crippen molar-refractivity contribution in [1.82, 2.24) is 19.8 Å². The van der Waals surface area contributed by atoms with Gasteiger partial charge in [-0.15, -0.1) is 0 Å². The van der Waals surface area contributed by atoms with Crippen molar-refractivity contribution >= 4 is 46.9 Å². The minimum absolute atomic E-state index is 0.0352. The van der Waals surface area contributed by atoms with Gasteiger partial charge in [-0.1, -0.05) is 59.6 Å². The number of ether oxygens (including phenoxy) is 1. The number of nitrogens with zero attached hydrogens (tertiary/aromatic N) is 4. The van der Waals surface area contributed by atoms with Crippen molar-refractivity contribution in [2.45, 2.75) is 44.7 Å². The summed E-state index contributed by atoms with van der Waals surface area (Å²) in [7, 11) is 0. The standard InChI is InChI=1S/C18H13ClF6N2O3.C16H13ClF3N3O2/c19-14-4-2-1-3-11(14)8-27(15(28)16(29)30-10-17(20,21)22)9-13-6-5-12(7-26-13)18(23,24)25;17-13-4-2-1-3-10(13)8-23(15(25)14(21)24)9-12-6-5-11(7-22-12)16(18,19)20/h1-7H,8-10H2;1-7H,8-9H2,(H2,21,24). The van der Waals surface area contributed by atoms with Crippen LogP contribution in [0.15, 0.2) is 85.2 Å². The number of alkyl halides is 9. The molecule has 2 N–H and O–H groups in total. The molecule has 4 aromatic rings. The van der Waals surface area contributed by atoms with Gasteiger partial charge in [-0.2, -0.15) is 39.5 Å². The van der Waals surface area contributed by atoms with E-state index in [0.29, 0.717) is 28.5 Å². The zero-order valence-corrected chi connectivity index (χ0v) is 29.2. The molecule has 0 aliphatic carbocycles. The fraction of sp³-hybridized carbons (Fsp3) is 0.235. The molecule has 10 nitrogen and oxygen atoms in total. The Balaban J connectivity index is 0.000000300. The first-order valence-corrected chi connectivity index (χ1v) is 15.9. The molecule has 0 saturated carbocycles. The maximum Gasteiger partial charge on any atom is 0.422 e. The van der Waals surface area contributed by atoms with Crippen LogP contribution in [0.2, 0.25) is 10.0 Å². The summed E-state index contributed by atoms with van der Waals surface area (Å²) < 4.78 is 116. The summed E-state index contributed by atoms with van der Waals surface area (Å²) in [5.74, 6) is -5.37. The van der Waals surface area contributed by atoms with Gasteiger partial charge in [0.1, 0.15) is 0 Å². The van der Waals surface area contributed by atoms with Crippen LogP contribution in [0.1, 0.15) is 33.6 Å². The Hall–Kier alpha value is -5.43. The normalized spacial score (nSPS) is 11.5. The van der Waals surface area contributed by atoms with Gasteiger partial charge in [0.2, 0.25) is 0 Å². The molecular weight excluding hydrogens is 800 g/mol. The third-order valence-corrected chi connectivity index (χ3v) is 7.71. The molecule has 0 fully saturated rings. The molecule has 0 bridgehead atoms. The van der Waals surface area contributed by atoms with Crippen molar-refractivity contribution in [3.63, 3.8) is 0 Å². The molecule has 0 aliphatic heterocycles. The second kappa shape index (κ2) is 18.7. The number of rotatable bonds is 9. The van der Waals surface area contributed by atoms with Crippen LogP contribution in [-0.2, 0) is 62.4 Å². The Kier molecular flexibility index (Phi) is 15.0. The van der Waals surface area contributed by atoms with E-state index in [0.717, 1.165) is 34.1 Å². The van der Waals surface area contributed by atoms with Gasteiger partial charge in [-0.05, 0) is 47.5 Å².